The van der Waals surface area contributed by atoms with E-state index < -0.39 is 56.9 Å². The van der Waals surface area contributed by atoms with Gasteiger partial charge in [0.15, 0.2) is 6.61 Å². The van der Waals surface area contributed by atoms with Crippen LogP contribution in [0.5, 0.6) is 5.75 Å². The van der Waals surface area contributed by atoms with Gasteiger partial charge in [-0.2, -0.15) is 13.2 Å². The normalized spacial score (nSPS) is 11.5. The van der Waals surface area contributed by atoms with Gasteiger partial charge in [-0.15, -0.1) is 0 Å². The van der Waals surface area contributed by atoms with Gasteiger partial charge in [0.2, 0.25) is 0 Å². The number of ether oxygens (including phenoxy) is 3. The van der Waals surface area contributed by atoms with Crippen LogP contribution in [0.15, 0.2) is 41.3 Å². The number of methoxy groups -OCH3 is 2. The second kappa shape index (κ2) is 9.20. The minimum Gasteiger partial charge on any atom is -0.482 e. The van der Waals surface area contributed by atoms with E-state index in [9.17, 15) is 35.6 Å². The molecule has 1 N–H and O–H groups in total. The molecular weight excluding hydrogens is 450 g/mol. The molecule has 0 aliphatic rings. The number of halogens is 4. The van der Waals surface area contributed by atoms with E-state index in [2.05, 4.69) is 14.2 Å². The first kappa shape index (κ1) is 23.9. The Morgan fingerprint density at radius 3 is 2.00 bits per heavy atom. The molecule has 0 fully saturated rings. The number of alkyl halides is 3. The van der Waals surface area contributed by atoms with E-state index in [1.807, 2.05) is 4.72 Å². The van der Waals surface area contributed by atoms with Gasteiger partial charge in [0.1, 0.15) is 11.6 Å². The Balaban J connectivity index is 2.50. The van der Waals surface area contributed by atoms with Crippen molar-refractivity contribution in [2.24, 2.45) is 0 Å². The molecule has 0 heterocycles. The van der Waals surface area contributed by atoms with Crippen LogP contribution >= 0.6 is 0 Å². The summed E-state index contributed by atoms with van der Waals surface area (Å²) in [5, 5.41) is 0. The lowest BCUT2D eigenvalue weighted by Gasteiger charge is -2.15. The second-order valence-corrected chi connectivity index (χ2v) is 7.56. The van der Waals surface area contributed by atoms with Crippen molar-refractivity contribution in [1.82, 2.24) is 0 Å². The van der Waals surface area contributed by atoms with Crippen molar-refractivity contribution in [1.29, 1.82) is 0 Å². The summed E-state index contributed by atoms with van der Waals surface area (Å²) in [4.78, 5) is 23.0. The average molecular weight is 465 g/mol. The maximum Gasteiger partial charge on any atom is 0.422 e. The standard InChI is InChI=1S/C18H15F4NO7S/c1-28-16(24)10-5-11(17(25)29-2)7-13(6-10)31(26,27)23-14-8-12(19)3-4-15(14)30-9-18(20,21)22/h3-8,23H,9H2,1-2H3. The van der Waals surface area contributed by atoms with Gasteiger partial charge >= 0.3 is 18.1 Å². The second-order valence-electron chi connectivity index (χ2n) is 5.88. The van der Waals surface area contributed by atoms with Gasteiger partial charge in [0.05, 0.1) is 35.9 Å². The van der Waals surface area contributed by atoms with Crippen molar-refractivity contribution in [2.75, 3.05) is 25.5 Å². The van der Waals surface area contributed by atoms with E-state index >= 15 is 0 Å². The lowest BCUT2D eigenvalue weighted by molar-refractivity contribution is -0.153. The molecule has 2 rings (SSSR count). The predicted molar refractivity (Wildman–Crippen MR) is 97.9 cm³/mol. The van der Waals surface area contributed by atoms with Crippen LogP contribution < -0.4 is 9.46 Å². The quantitative estimate of drug-likeness (QED) is 0.494. The highest BCUT2D eigenvalue weighted by molar-refractivity contribution is 7.92. The number of hydrogen-bond donors (Lipinski definition) is 1. The molecule has 0 aliphatic heterocycles. The Morgan fingerprint density at radius 1 is 0.968 bits per heavy atom. The molecule has 0 amide bonds. The summed E-state index contributed by atoms with van der Waals surface area (Å²) < 4.78 is 91.9. The number of rotatable bonds is 7. The Kier molecular flexibility index (Phi) is 7.10. The first-order valence-electron chi connectivity index (χ1n) is 8.20. The van der Waals surface area contributed by atoms with Crippen molar-refractivity contribution >= 4 is 27.6 Å². The van der Waals surface area contributed by atoms with Crippen LogP contribution in [0.2, 0.25) is 0 Å². The highest BCUT2D eigenvalue weighted by atomic mass is 32.2. The van der Waals surface area contributed by atoms with Crippen molar-refractivity contribution in [3.8, 4) is 5.75 Å². The number of nitrogens with one attached hydrogen (secondary N) is 1. The first-order valence-corrected chi connectivity index (χ1v) is 9.68. The molecule has 0 saturated heterocycles. The molecule has 0 unspecified atom stereocenters. The van der Waals surface area contributed by atoms with Gasteiger partial charge < -0.3 is 14.2 Å². The Labute approximate surface area is 173 Å². The van der Waals surface area contributed by atoms with E-state index in [0.29, 0.717) is 6.07 Å². The zero-order chi connectivity index (χ0) is 23.4. The molecule has 31 heavy (non-hydrogen) atoms. The highest BCUT2D eigenvalue weighted by Crippen LogP contribution is 2.30. The summed E-state index contributed by atoms with van der Waals surface area (Å²) in [6, 6.07) is 4.93. The molecule has 0 spiro atoms. The molecule has 0 bridgehead atoms. The summed E-state index contributed by atoms with van der Waals surface area (Å²) in [7, 11) is -2.58. The third-order valence-electron chi connectivity index (χ3n) is 3.64. The molecule has 2 aromatic carbocycles. The third-order valence-corrected chi connectivity index (χ3v) is 4.98. The minimum atomic E-state index is -4.73. The largest absolute Gasteiger partial charge is 0.482 e. The van der Waals surface area contributed by atoms with E-state index in [-0.39, 0.29) is 11.1 Å². The number of carbonyl (C=O) groups is 2. The molecule has 2 aromatic rings. The molecule has 8 nitrogen and oxygen atoms in total. The summed E-state index contributed by atoms with van der Waals surface area (Å²) in [5.41, 5.74) is -1.27. The zero-order valence-electron chi connectivity index (χ0n) is 15.9. The van der Waals surface area contributed by atoms with Crippen molar-refractivity contribution < 1.29 is 49.8 Å². The number of esters is 2. The topological polar surface area (TPSA) is 108 Å². The maximum absolute atomic E-state index is 13.6. The Bertz CT molecular complexity index is 1070. The molecule has 168 valence electrons. The van der Waals surface area contributed by atoms with E-state index in [4.69, 9.17) is 0 Å². The van der Waals surface area contributed by atoms with Gasteiger partial charge in [-0.1, -0.05) is 0 Å². The third kappa shape index (κ3) is 6.31. The van der Waals surface area contributed by atoms with Crippen LogP contribution in [0.25, 0.3) is 0 Å². The van der Waals surface area contributed by atoms with Crippen molar-refractivity contribution in [2.45, 2.75) is 11.1 Å². The molecule has 0 atom stereocenters. The first-order chi connectivity index (χ1) is 14.4. The van der Waals surface area contributed by atoms with Crippen molar-refractivity contribution in [3.05, 3.63) is 53.3 Å². The fourth-order valence-corrected chi connectivity index (χ4v) is 3.43. The lowest BCUT2D eigenvalue weighted by atomic mass is 10.1. The number of sulfonamides is 1. The minimum absolute atomic E-state index is 0.321. The van der Waals surface area contributed by atoms with Crippen LogP contribution in [0.4, 0.5) is 23.2 Å². The summed E-state index contributed by atoms with van der Waals surface area (Å²) in [5.74, 6) is -3.50. The molecule has 13 heteroatoms. The zero-order valence-corrected chi connectivity index (χ0v) is 16.8. The smallest absolute Gasteiger partial charge is 0.422 e. The fraction of sp³-hybridized carbons (Fsp3) is 0.222. The van der Waals surface area contributed by atoms with Gasteiger partial charge in [0.25, 0.3) is 10.0 Å². The van der Waals surface area contributed by atoms with Crippen molar-refractivity contribution in [3.63, 3.8) is 0 Å². The Morgan fingerprint density at radius 2 is 1.52 bits per heavy atom. The van der Waals surface area contributed by atoms with Crippen LogP contribution in [0, 0.1) is 5.82 Å². The van der Waals surface area contributed by atoms with Gasteiger partial charge in [-0.3, -0.25) is 4.72 Å². The molecule has 0 aliphatic carbocycles. The van der Waals surface area contributed by atoms with E-state index in [1.165, 1.54) is 0 Å². The van der Waals surface area contributed by atoms with E-state index in [1.54, 1.807) is 0 Å². The summed E-state index contributed by atoms with van der Waals surface area (Å²) in [6.45, 7) is -1.75. The molecule has 0 radical (unpaired) electrons. The van der Waals surface area contributed by atoms with Crippen LogP contribution in [0.3, 0.4) is 0 Å². The summed E-state index contributed by atoms with van der Waals surface area (Å²) >= 11 is 0. The number of benzene rings is 2. The monoisotopic (exact) mass is 465 g/mol. The number of anilines is 1. The van der Waals surface area contributed by atoms with Gasteiger partial charge in [0, 0.05) is 6.07 Å². The maximum atomic E-state index is 13.6. The van der Waals surface area contributed by atoms with Gasteiger partial charge in [-0.25, -0.2) is 22.4 Å². The van der Waals surface area contributed by atoms with Crippen LogP contribution in [-0.2, 0) is 19.5 Å². The molecule has 0 aromatic heterocycles. The number of carbonyl (C=O) groups excluding carboxylic acids is 2. The van der Waals surface area contributed by atoms with Crippen LogP contribution in [0.1, 0.15) is 20.7 Å². The summed E-state index contributed by atoms with van der Waals surface area (Å²) in [6.07, 6.45) is -4.73. The molecule has 0 saturated carbocycles. The fourth-order valence-electron chi connectivity index (χ4n) is 2.30. The highest BCUT2D eigenvalue weighted by Gasteiger charge is 2.29. The van der Waals surface area contributed by atoms with Crippen LogP contribution in [-0.4, -0.2) is 47.4 Å². The Hall–Kier alpha value is -3.35. The lowest BCUT2D eigenvalue weighted by Crippen LogP contribution is -2.21. The average Bonchev–Trinajstić information content (AvgIpc) is 2.70. The number of hydrogen-bond acceptors (Lipinski definition) is 7. The predicted octanol–water partition coefficient (Wildman–Crippen LogP) is 3.14. The SMILES string of the molecule is COC(=O)c1cc(C(=O)OC)cc(S(=O)(=O)Nc2cc(F)ccc2OCC(F)(F)F)c1. The van der Waals surface area contributed by atoms with E-state index in [0.717, 1.165) is 44.6 Å². The molecular formula is C18H15F4NO7S. The van der Waals surface area contributed by atoms with Gasteiger partial charge in [-0.05, 0) is 30.3 Å².